The van der Waals surface area contributed by atoms with E-state index in [2.05, 4.69) is 27.4 Å². The van der Waals surface area contributed by atoms with Gasteiger partial charge in [-0.05, 0) is 32.7 Å². The zero-order chi connectivity index (χ0) is 13.2. The van der Waals surface area contributed by atoms with Gasteiger partial charge in [0.1, 0.15) is 0 Å². The number of aryl methyl sites for hydroxylation is 1. The second kappa shape index (κ2) is 5.59. The maximum atomic E-state index is 5.04. The van der Waals surface area contributed by atoms with E-state index in [-0.39, 0.29) is 0 Å². The third-order valence-corrected chi connectivity index (χ3v) is 4.70. The van der Waals surface area contributed by atoms with Gasteiger partial charge in [-0.1, -0.05) is 11.6 Å². The van der Waals surface area contributed by atoms with E-state index in [1.807, 2.05) is 6.92 Å². The topological polar surface area (TPSA) is 54.2 Å². The first-order valence-corrected chi connectivity index (χ1v) is 7.48. The van der Waals surface area contributed by atoms with Crippen molar-refractivity contribution in [1.29, 1.82) is 0 Å². The number of nitrogens with one attached hydrogen (secondary N) is 1. The molecule has 19 heavy (non-hydrogen) atoms. The first-order valence-electron chi connectivity index (χ1n) is 7.48. The van der Waals surface area contributed by atoms with Crippen LogP contribution in [0.1, 0.15) is 43.8 Å². The van der Waals surface area contributed by atoms with Gasteiger partial charge in [0, 0.05) is 38.0 Å². The van der Waals surface area contributed by atoms with E-state index < -0.39 is 0 Å². The minimum absolute atomic E-state index is 0.670. The molecule has 2 bridgehead atoms. The Morgan fingerprint density at radius 3 is 2.63 bits per heavy atom. The van der Waals surface area contributed by atoms with E-state index in [4.69, 9.17) is 4.52 Å². The molecule has 5 heteroatoms. The van der Waals surface area contributed by atoms with Crippen molar-refractivity contribution in [3.05, 3.63) is 11.7 Å². The predicted octanol–water partition coefficient (Wildman–Crippen LogP) is 1.53. The molecule has 3 rings (SSSR count). The molecule has 1 aromatic rings. The van der Waals surface area contributed by atoms with Crippen LogP contribution in [-0.2, 0) is 6.42 Å². The lowest BCUT2D eigenvalue weighted by molar-refractivity contribution is 0.0266. The quantitative estimate of drug-likeness (QED) is 0.893. The smallest absolute Gasteiger partial charge is 0.223 e. The Bertz CT molecular complexity index is 405. The fraction of sp³-hybridized carbons (Fsp3) is 0.857. The second-order valence-corrected chi connectivity index (χ2v) is 5.91. The van der Waals surface area contributed by atoms with Gasteiger partial charge < -0.3 is 9.84 Å². The van der Waals surface area contributed by atoms with E-state index in [1.54, 1.807) is 0 Å². The summed E-state index contributed by atoms with van der Waals surface area (Å²) in [6, 6.07) is 2.20. The number of hydrogen-bond acceptors (Lipinski definition) is 5. The van der Waals surface area contributed by atoms with Crippen LogP contribution in [0.4, 0.5) is 0 Å². The van der Waals surface area contributed by atoms with Crippen LogP contribution in [0.25, 0.3) is 0 Å². The van der Waals surface area contributed by atoms with Gasteiger partial charge in [0.25, 0.3) is 0 Å². The molecular weight excluding hydrogens is 240 g/mol. The molecule has 0 aliphatic carbocycles. The van der Waals surface area contributed by atoms with Gasteiger partial charge in [0.15, 0.2) is 5.82 Å². The minimum Gasteiger partial charge on any atom is -0.340 e. The monoisotopic (exact) mass is 264 g/mol. The van der Waals surface area contributed by atoms with E-state index in [0.29, 0.717) is 11.9 Å². The van der Waals surface area contributed by atoms with Crippen molar-refractivity contribution in [3.8, 4) is 0 Å². The summed E-state index contributed by atoms with van der Waals surface area (Å²) < 4.78 is 5.04. The third-order valence-electron chi connectivity index (χ3n) is 4.70. The molecule has 106 valence electrons. The van der Waals surface area contributed by atoms with Gasteiger partial charge in [0.2, 0.25) is 5.89 Å². The largest absolute Gasteiger partial charge is 0.340 e. The van der Waals surface area contributed by atoms with Crippen LogP contribution < -0.4 is 5.32 Å². The van der Waals surface area contributed by atoms with Crippen LogP contribution in [0.15, 0.2) is 4.52 Å². The molecule has 0 spiro atoms. The fourth-order valence-electron chi connectivity index (χ4n) is 3.75. The molecule has 0 amide bonds. The minimum atomic E-state index is 0.670. The lowest BCUT2D eigenvalue weighted by Gasteiger charge is -2.49. The lowest BCUT2D eigenvalue weighted by Crippen LogP contribution is -2.56. The number of rotatable bonds is 4. The van der Waals surface area contributed by atoms with Gasteiger partial charge in [-0.15, -0.1) is 0 Å². The molecule has 2 atom stereocenters. The van der Waals surface area contributed by atoms with Gasteiger partial charge >= 0.3 is 0 Å². The molecule has 2 unspecified atom stereocenters. The highest BCUT2D eigenvalue weighted by Crippen LogP contribution is 2.33. The van der Waals surface area contributed by atoms with E-state index in [0.717, 1.165) is 30.9 Å². The van der Waals surface area contributed by atoms with Gasteiger partial charge in [-0.3, -0.25) is 4.90 Å². The average Bonchev–Trinajstić information content (AvgIpc) is 2.81. The van der Waals surface area contributed by atoms with Crippen LogP contribution in [0.2, 0.25) is 0 Å². The summed E-state index contributed by atoms with van der Waals surface area (Å²) >= 11 is 0. The van der Waals surface area contributed by atoms with Crippen molar-refractivity contribution in [3.63, 3.8) is 0 Å². The van der Waals surface area contributed by atoms with Crippen molar-refractivity contribution in [2.75, 3.05) is 13.6 Å². The highest BCUT2D eigenvalue weighted by molar-refractivity contribution is 4.96. The van der Waals surface area contributed by atoms with Gasteiger partial charge in [-0.2, -0.15) is 4.98 Å². The second-order valence-electron chi connectivity index (χ2n) is 5.91. The summed E-state index contributed by atoms with van der Waals surface area (Å²) in [6.45, 7) is 2.92. The van der Waals surface area contributed by atoms with Crippen molar-refractivity contribution in [1.82, 2.24) is 20.4 Å². The molecule has 2 aliphatic heterocycles. The molecular formula is C14H24N4O. The number of aromatic nitrogens is 2. The summed E-state index contributed by atoms with van der Waals surface area (Å²) in [5, 5.41) is 7.46. The molecule has 2 aliphatic rings. The number of fused-ring (bicyclic) bond motifs is 2. The standard InChI is InChI=1S/C14H24N4O/c1-10-16-14(17-19-10)6-7-18-12-4-3-5-13(18)9-11(8-12)15-2/h11-13,15H,3-9H2,1-2H3. The molecule has 0 aromatic carbocycles. The van der Waals surface area contributed by atoms with Crippen LogP contribution in [0.3, 0.4) is 0 Å². The Kier molecular flexibility index (Phi) is 3.84. The Hall–Kier alpha value is -0.940. The number of piperidine rings is 2. The van der Waals surface area contributed by atoms with E-state index >= 15 is 0 Å². The van der Waals surface area contributed by atoms with Crippen LogP contribution in [-0.4, -0.2) is 46.8 Å². The molecule has 0 saturated carbocycles. The molecule has 1 N–H and O–H groups in total. The summed E-state index contributed by atoms with van der Waals surface area (Å²) in [5.74, 6) is 1.52. The number of nitrogens with zero attached hydrogens (tertiary/aromatic N) is 3. The molecule has 2 fully saturated rings. The molecule has 3 heterocycles. The summed E-state index contributed by atoms with van der Waals surface area (Å²) in [5.41, 5.74) is 0. The van der Waals surface area contributed by atoms with Crippen LogP contribution in [0, 0.1) is 6.92 Å². The normalized spacial score (nSPS) is 31.6. The average molecular weight is 264 g/mol. The molecule has 1 aromatic heterocycles. The first-order chi connectivity index (χ1) is 9.26. The summed E-state index contributed by atoms with van der Waals surface area (Å²) in [7, 11) is 2.10. The Balaban J connectivity index is 1.61. The van der Waals surface area contributed by atoms with E-state index in [1.165, 1.54) is 32.1 Å². The lowest BCUT2D eigenvalue weighted by atomic mass is 9.81. The highest BCUT2D eigenvalue weighted by atomic mass is 16.5. The van der Waals surface area contributed by atoms with E-state index in [9.17, 15) is 0 Å². The van der Waals surface area contributed by atoms with Crippen molar-refractivity contribution < 1.29 is 4.52 Å². The van der Waals surface area contributed by atoms with Crippen LogP contribution in [0.5, 0.6) is 0 Å². The zero-order valence-electron chi connectivity index (χ0n) is 11.9. The van der Waals surface area contributed by atoms with Crippen LogP contribution >= 0.6 is 0 Å². The SMILES string of the molecule is CNC1CC2CCCC(C1)N2CCc1noc(C)n1. The fourth-order valence-corrected chi connectivity index (χ4v) is 3.75. The highest BCUT2D eigenvalue weighted by Gasteiger charge is 2.37. The van der Waals surface area contributed by atoms with Crippen molar-refractivity contribution in [2.45, 2.75) is 63.6 Å². The zero-order valence-corrected chi connectivity index (χ0v) is 11.9. The summed E-state index contributed by atoms with van der Waals surface area (Å²) in [4.78, 5) is 7.00. The van der Waals surface area contributed by atoms with Crippen molar-refractivity contribution in [2.24, 2.45) is 0 Å². The van der Waals surface area contributed by atoms with Gasteiger partial charge in [-0.25, -0.2) is 0 Å². The molecule has 0 radical (unpaired) electrons. The van der Waals surface area contributed by atoms with Crippen molar-refractivity contribution >= 4 is 0 Å². The first kappa shape index (κ1) is 13.1. The Morgan fingerprint density at radius 2 is 2.05 bits per heavy atom. The maximum Gasteiger partial charge on any atom is 0.223 e. The molecule has 2 saturated heterocycles. The van der Waals surface area contributed by atoms with Gasteiger partial charge in [0.05, 0.1) is 0 Å². The number of hydrogen-bond donors (Lipinski definition) is 1. The third kappa shape index (κ3) is 2.82. The summed E-state index contributed by atoms with van der Waals surface area (Å²) in [6.07, 6.45) is 7.58. The molecule has 5 nitrogen and oxygen atoms in total. The maximum absolute atomic E-state index is 5.04. The Morgan fingerprint density at radius 1 is 1.32 bits per heavy atom. The Labute approximate surface area is 114 Å². The predicted molar refractivity (Wildman–Crippen MR) is 73.0 cm³/mol.